The second-order valence-corrected chi connectivity index (χ2v) is 10.3. The van der Waals surface area contributed by atoms with E-state index >= 15 is 0 Å². The number of aromatic nitrogens is 1. The number of carbonyl (C=O) groups is 3. The fraction of sp³-hybridized carbons (Fsp3) is 0.333. The van der Waals surface area contributed by atoms with Crippen molar-refractivity contribution in [1.29, 1.82) is 0 Å². The zero-order chi connectivity index (χ0) is 24.0. The van der Waals surface area contributed by atoms with E-state index in [1.54, 1.807) is 22.1 Å². The Hall–Kier alpha value is -3.66. The van der Waals surface area contributed by atoms with Crippen LogP contribution in [0.5, 0.6) is 0 Å². The van der Waals surface area contributed by atoms with Crippen molar-refractivity contribution in [2.45, 2.75) is 38.8 Å². The van der Waals surface area contributed by atoms with Crippen molar-refractivity contribution in [2.24, 2.45) is 0 Å². The lowest BCUT2D eigenvalue weighted by atomic mass is 10.1. The first-order valence-electron chi connectivity index (χ1n) is 11.1. The van der Waals surface area contributed by atoms with Crippen molar-refractivity contribution in [3.63, 3.8) is 0 Å². The summed E-state index contributed by atoms with van der Waals surface area (Å²) in [7, 11) is 0. The van der Waals surface area contributed by atoms with Gasteiger partial charge in [0.15, 0.2) is 0 Å². The minimum Gasteiger partial charge on any atom is -0.444 e. The second kappa shape index (κ2) is 8.28. The summed E-state index contributed by atoms with van der Waals surface area (Å²) in [4.78, 5) is 47.3. The summed E-state index contributed by atoms with van der Waals surface area (Å²) in [6.07, 6.45) is 1.88. The summed E-state index contributed by atoms with van der Waals surface area (Å²) in [6, 6.07) is 10.6. The number of likely N-dealkylation sites (tertiary alicyclic amines) is 1. The quantitative estimate of drug-likeness (QED) is 0.566. The number of ether oxygens (including phenoxy) is 1. The number of carbonyl (C=O) groups excluding carboxylic acids is 3. The van der Waals surface area contributed by atoms with E-state index in [2.05, 4.69) is 15.6 Å². The van der Waals surface area contributed by atoms with Gasteiger partial charge in [-0.2, -0.15) is 0 Å². The number of nitrogens with one attached hydrogen (secondary N) is 2. The van der Waals surface area contributed by atoms with E-state index in [1.807, 2.05) is 51.1 Å². The summed E-state index contributed by atoms with van der Waals surface area (Å²) in [5.41, 5.74) is 1.31. The summed E-state index contributed by atoms with van der Waals surface area (Å²) in [6.45, 7) is 6.35. The Labute approximate surface area is 200 Å². The van der Waals surface area contributed by atoms with Gasteiger partial charge in [-0.1, -0.05) is 18.2 Å². The molecule has 0 spiro atoms. The highest BCUT2D eigenvalue weighted by atomic mass is 32.1. The van der Waals surface area contributed by atoms with Gasteiger partial charge in [0.25, 0.3) is 5.91 Å². The summed E-state index contributed by atoms with van der Waals surface area (Å²) < 4.78 is 5.43. The maximum atomic E-state index is 13.2. The minimum absolute atomic E-state index is 0.204. The molecule has 1 atom stereocenters. The Morgan fingerprint density at radius 1 is 1.21 bits per heavy atom. The van der Waals surface area contributed by atoms with Gasteiger partial charge in [0.05, 0.1) is 22.4 Å². The highest BCUT2D eigenvalue weighted by molar-refractivity contribution is 7.21. The van der Waals surface area contributed by atoms with Crippen LogP contribution in [0.15, 0.2) is 42.6 Å². The number of para-hydroxylation sites is 1. The molecule has 34 heavy (non-hydrogen) atoms. The van der Waals surface area contributed by atoms with Crippen LogP contribution in [0.25, 0.3) is 10.2 Å². The first-order chi connectivity index (χ1) is 16.2. The maximum absolute atomic E-state index is 13.2. The summed E-state index contributed by atoms with van der Waals surface area (Å²) in [5, 5.41) is 6.64. The van der Waals surface area contributed by atoms with Gasteiger partial charge in [-0.15, -0.1) is 11.3 Å². The van der Waals surface area contributed by atoms with Crippen LogP contribution < -0.4 is 15.5 Å². The number of amides is 4. The summed E-state index contributed by atoms with van der Waals surface area (Å²) >= 11 is 1.24. The van der Waals surface area contributed by atoms with E-state index in [0.717, 1.165) is 11.1 Å². The monoisotopic (exact) mass is 479 g/mol. The smallest absolute Gasteiger partial charge is 0.410 e. The fourth-order valence-electron chi connectivity index (χ4n) is 4.20. The number of hydrogen-bond acceptors (Lipinski definition) is 6. The third kappa shape index (κ3) is 4.05. The van der Waals surface area contributed by atoms with Crippen LogP contribution in [-0.2, 0) is 4.74 Å². The lowest BCUT2D eigenvalue weighted by molar-refractivity contribution is 0.0290. The molecule has 2 N–H and O–H groups in total. The number of pyridine rings is 1. The summed E-state index contributed by atoms with van der Waals surface area (Å²) in [5.74, 6) is -0.298. The molecule has 0 bridgehead atoms. The van der Waals surface area contributed by atoms with Crippen molar-refractivity contribution in [1.82, 2.24) is 15.2 Å². The molecular weight excluding hydrogens is 454 g/mol. The van der Waals surface area contributed by atoms with E-state index in [9.17, 15) is 14.4 Å². The van der Waals surface area contributed by atoms with Crippen LogP contribution in [0.4, 0.5) is 26.7 Å². The lowest BCUT2D eigenvalue weighted by Crippen LogP contribution is -2.40. The van der Waals surface area contributed by atoms with E-state index in [4.69, 9.17) is 4.74 Å². The molecule has 4 heterocycles. The average Bonchev–Trinajstić information content (AvgIpc) is 3.39. The Kier molecular flexibility index (Phi) is 5.40. The standard InChI is InChI=1S/C24H25N5O4S/c1-24(2,3)33-23(32)28-12-10-14(13-28)26-20(30)19-18-17-16(9-11-25-21(17)34-19)29(22(31)27-18)15-7-5-4-6-8-15/h4-9,11,14H,10,12-13H2,1-3H3,(H,26,30)(H,27,31). The lowest BCUT2D eigenvalue weighted by Gasteiger charge is -2.28. The molecule has 1 aromatic carbocycles. The van der Waals surface area contributed by atoms with Crippen LogP contribution in [-0.4, -0.2) is 52.6 Å². The predicted molar refractivity (Wildman–Crippen MR) is 131 cm³/mol. The van der Waals surface area contributed by atoms with Gasteiger partial charge in [0.1, 0.15) is 15.3 Å². The van der Waals surface area contributed by atoms with Crippen molar-refractivity contribution in [2.75, 3.05) is 23.3 Å². The van der Waals surface area contributed by atoms with Gasteiger partial charge in [0.2, 0.25) is 0 Å². The number of thiophene rings is 1. The normalized spacial score (nSPS) is 17.6. The number of hydrogen-bond donors (Lipinski definition) is 2. The van der Waals surface area contributed by atoms with Crippen molar-refractivity contribution >= 4 is 56.6 Å². The van der Waals surface area contributed by atoms with E-state index in [1.165, 1.54) is 11.3 Å². The van der Waals surface area contributed by atoms with Gasteiger partial charge < -0.3 is 20.3 Å². The molecule has 10 heteroatoms. The van der Waals surface area contributed by atoms with Crippen LogP contribution >= 0.6 is 11.3 Å². The Morgan fingerprint density at radius 3 is 2.71 bits per heavy atom. The molecule has 0 saturated carbocycles. The Morgan fingerprint density at radius 2 is 1.97 bits per heavy atom. The average molecular weight is 480 g/mol. The van der Waals surface area contributed by atoms with E-state index < -0.39 is 5.60 Å². The van der Waals surface area contributed by atoms with Gasteiger partial charge in [-0.25, -0.2) is 14.6 Å². The fourth-order valence-corrected chi connectivity index (χ4v) is 5.22. The predicted octanol–water partition coefficient (Wildman–Crippen LogP) is 4.72. The van der Waals surface area contributed by atoms with Gasteiger partial charge in [-0.05, 0) is 45.4 Å². The number of urea groups is 1. The largest absolute Gasteiger partial charge is 0.444 e. The first-order valence-corrected chi connectivity index (χ1v) is 11.9. The molecule has 5 rings (SSSR count). The zero-order valence-corrected chi connectivity index (χ0v) is 19.9. The molecule has 176 valence electrons. The van der Waals surface area contributed by atoms with Crippen molar-refractivity contribution in [3.8, 4) is 0 Å². The zero-order valence-electron chi connectivity index (χ0n) is 19.1. The molecule has 3 aromatic rings. The number of nitrogens with zero attached hydrogens (tertiary/aromatic N) is 3. The molecule has 1 saturated heterocycles. The van der Waals surface area contributed by atoms with E-state index in [-0.39, 0.29) is 24.1 Å². The highest BCUT2D eigenvalue weighted by Crippen LogP contribution is 2.45. The van der Waals surface area contributed by atoms with Crippen LogP contribution in [0, 0.1) is 0 Å². The molecule has 2 aromatic heterocycles. The second-order valence-electron chi connectivity index (χ2n) is 9.30. The molecule has 2 aliphatic heterocycles. The third-order valence-electron chi connectivity index (χ3n) is 5.64. The number of benzene rings is 1. The highest BCUT2D eigenvalue weighted by Gasteiger charge is 2.35. The molecular formula is C24H25N5O4S. The molecule has 0 aliphatic carbocycles. The van der Waals surface area contributed by atoms with Crippen molar-refractivity contribution in [3.05, 3.63) is 47.5 Å². The van der Waals surface area contributed by atoms with Crippen LogP contribution in [0.2, 0.25) is 0 Å². The number of anilines is 3. The molecule has 9 nitrogen and oxygen atoms in total. The molecule has 1 fully saturated rings. The minimum atomic E-state index is -0.575. The first kappa shape index (κ1) is 22.1. The van der Waals surface area contributed by atoms with Crippen molar-refractivity contribution < 1.29 is 19.1 Å². The van der Waals surface area contributed by atoms with Crippen LogP contribution in [0.3, 0.4) is 0 Å². The Balaban J connectivity index is 1.39. The Bertz CT molecular complexity index is 1280. The SMILES string of the molecule is CC(C)(C)OC(=O)N1CCC(NC(=O)c2sc3nccc4c3c2NC(=O)N4c2ccccc2)C1. The molecule has 2 aliphatic rings. The van der Waals surface area contributed by atoms with Gasteiger partial charge >= 0.3 is 12.1 Å². The number of rotatable bonds is 3. The molecule has 0 radical (unpaired) electrons. The third-order valence-corrected chi connectivity index (χ3v) is 6.74. The molecule has 4 amide bonds. The van der Waals surface area contributed by atoms with Gasteiger partial charge in [0, 0.05) is 25.3 Å². The maximum Gasteiger partial charge on any atom is 0.410 e. The molecule has 1 unspecified atom stereocenters. The van der Waals surface area contributed by atoms with E-state index in [0.29, 0.717) is 40.6 Å². The topological polar surface area (TPSA) is 104 Å². The van der Waals surface area contributed by atoms with Gasteiger partial charge in [-0.3, -0.25) is 9.69 Å². The van der Waals surface area contributed by atoms with Crippen LogP contribution in [0.1, 0.15) is 36.9 Å².